The van der Waals surface area contributed by atoms with Gasteiger partial charge in [0.25, 0.3) is 11.1 Å². The zero-order valence-corrected chi connectivity index (χ0v) is 21.8. The van der Waals surface area contributed by atoms with Crippen LogP contribution in [-0.4, -0.2) is 25.0 Å². The summed E-state index contributed by atoms with van der Waals surface area (Å²) >= 11 is 0. The number of rotatable bonds is 7. The Labute approximate surface area is 224 Å². The Balaban J connectivity index is 1.70. The molecule has 0 amide bonds. The maximum absolute atomic E-state index is 13.6. The lowest BCUT2D eigenvalue weighted by molar-refractivity contribution is 0.849. The second-order valence-corrected chi connectivity index (χ2v) is 9.94. The number of allylic oxidation sites excluding steroid dienone is 1. The molecule has 0 spiro atoms. The number of fused-ring (bicyclic) bond motifs is 1. The predicted molar refractivity (Wildman–Crippen MR) is 156 cm³/mol. The minimum atomic E-state index is -0.668. The zero-order valence-electron chi connectivity index (χ0n) is 21.8. The number of H-pyrrole nitrogens is 4. The van der Waals surface area contributed by atoms with Gasteiger partial charge in [-0.2, -0.15) is 0 Å². The van der Waals surface area contributed by atoms with E-state index in [-0.39, 0.29) is 11.1 Å². The van der Waals surface area contributed by atoms with Crippen LogP contribution in [0.15, 0.2) is 101 Å². The van der Waals surface area contributed by atoms with Gasteiger partial charge in [0.05, 0.1) is 28.4 Å². The molecule has 0 aliphatic carbocycles. The van der Waals surface area contributed by atoms with Crippen LogP contribution >= 0.6 is 0 Å². The van der Waals surface area contributed by atoms with E-state index in [1.165, 1.54) is 0 Å². The van der Waals surface area contributed by atoms with E-state index in [4.69, 9.17) is 0 Å². The quantitative estimate of drug-likeness (QED) is 0.196. The van der Waals surface area contributed by atoms with Crippen molar-refractivity contribution in [2.75, 3.05) is 0 Å². The van der Waals surface area contributed by atoms with Crippen molar-refractivity contribution < 1.29 is 0 Å². The van der Waals surface area contributed by atoms with Crippen LogP contribution in [0.2, 0.25) is 0 Å². The monoisotopic (exact) mass is 515 g/mol. The molecule has 6 aromatic rings. The highest BCUT2D eigenvalue weighted by atomic mass is 16.1. The summed E-state index contributed by atoms with van der Waals surface area (Å²) in [5.41, 5.74) is 7.56. The van der Waals surface area contributed by atoms with Gasteiger partial charge in [-0.3, -0.25) is 30.0 Å². The van der Waals surface area contributed by atoms with Crippen LogP contribution in [0.3, 0.4) is 0 Å². The molecule has 0 atom stereocenters. The molecule has 4 N–H and O–H groups in total. The van der Waals surface area contributed by atoms with Crippen molar-refractivity contribution in [3.05, 3.63) is 140 Å². The van der Waals surface area contributed by atoms with Crippen molar-refractivity contribution in [1.82, 2.24) is 25.0 Å². The topological polar surface area (TPSA) is 102 Å². The molecule has 0 saturated heterocycles. The molecule has 7 nitrogen and oxygen atoms in total. The summed E-state index contributed by atoms with van der Waals surface area (Å²) in [7, 11) is 0. The second-order valence-electron chi connectivity index (χ2n) is 9.94. The Kier molecular flexibility index (Phi) is 6.04. The molecule has 194 valence electrons. The van der Waals surface area contributed by atoms with Gasteiger partial charge in [0.15, 0.2) is 0 Å². The summed E-state index contributed by atoms with van der Waals surface area (Å²) in [6, 6.07) is 24.0. The van der Waals surface area contributed by atoms with Crippen LogP contribution in [-0.2, 0) is 6.54 Å². The maximum Gasteiger partial charge on any atom is 0.268 e. The van der Waals surface area contributed by atoms with Gasteiger partial charge in [-0.15, -0.1) is 6.58 Å². The Morgan fingerprint density at radius 1 is 0.744 bits per heavy atom. The van der Waals surface area contributed by atoms with Gasteiger partial charge in [0.2, 0.25) is 0 Å². The van der Waals surface area contributed by atoms with E-state index in [1.54, 1.807) is 0 Å². The summed E-state index contributed by atoms with van der Waals surface area (Å²) < 4.78 is 2.10. The van der Waals surface area contributed by atoms with Crippen LogP contribution in [0.4, 0.5) is 0 Å². The third-order valence-electron chi connectivity index (χ3n) is 7.34. The average molecular weight is 516 g/mol. The van der Waals surface area contributed by atoms with Gasteiger partial charge in [-0.05, 0) is 36.6 Å². The molecule has 0 unspecified atom stereocenters. The van der Waals surface area contributed by atoms with Crippen molar-refractivity contribution >= 4 is 10.9 Å². The molecule has 0 saturated carbocycles. The second kappa shape index (κ2) is 9.68. The van der Waals surface area contributed by atoms with Crippen LogP contribution in [0.5, 0.6) is 0 Å². The average Bonchev–Trinajstić information content (AvgIpc) is 3.62. The van der Waals surface area contributed by atoms with Gasteiger partial charge in [0.1, 0.15) is 0 Å². The number of nitrogens with zero attached hydrogens (tertiary/aromatic N) is 1. The largest absolute Gasteiger partial charge is 0.343 e. The maximum atomic E-state index is 13.6. The molecule has 39 heavy (non-hydrogen) atoms. The van der Waals surface area contributed by atoms with Gasteiger partial charge >= 0.3 is 0 Å². The molecule has 0 radical (unpaired) electrons. The van der Waals surface area contributed by atoms with Crippen LogP contribution in [0.1, 0.15) is 33.7 Å². The number of hydrogen-bond acceptors (Lipinski definition) is 2. The molecule has 3 heterocycles. The van der Waals surface area contributed by atoms with Crippen molar-refractivity contribution in [3.8, 4) is 22.5 Å². The lowest BCUT2D eigenvalue weighted by Gasteiger charge is -2.17. The lowest BCUT2D eigenvalue weighted by Crippen LogP contribution is -2.20. The van der Waals surface area contributed by atoms with E-state index in [0.29, 0.717) is 29.1 Å². The fourth-order valence-corrected chi connectivity index (χ4v) is 5.43. The zero-order chi connectivity index (χ0) is 27.1. The fraction of sp³-hybridized carbons (Fsp3) is 0.125. The van der Waals surface area contributed by atoms with Crippen molar-refractivity contribution in [2.45, 2.75) is 26.3 Å². The Hall–Kier alpha value is -5.04. The molecule has 0 bridgehead atoms. The Bertz CT molecular complexity index is 1810. The van der Waals surface area contributed by atoms with E-state index in [9.17, 15) is 9.59 Å². The molecule has 0 fully saturated rings. The minimum absolute atomic E-state index is 0.272. The minimum Gasteiger partial charge on any atom is -0.343 e. The molecular formula is C32H29N5O2. The van der Waals surface area contributed by atoms with E-state index >= 15 is 0 Å². The standard InChI is InChI=1S/C32H29N5O2/c1-4-17-37-18-24(23-7-5-6-8-25(23)37)26(27-29(33-35-31(27)38)21-13-9-19(2)10-14-21)28-30(34-36-32(28)39)22-15-11-20(3)12-16-22/h4-16,18,26H,1,17H2,2-3H3,(H2,33,35,38)(H2,34,36,39). The normalized spacial score (nSPS) is 11.5. The number of nitrogens with one attached hydrogen (secondary N) is 4. The SMILES string of the molecule is C=CCn1cc(C(c2c(-c3ccc(C)cc3)[nH][nH]c2=O)c2c(-c3ccc(C)cc3)[nH][nH]c2=O)c2ccccc21. The molecule has 3 aromatic carbocycles. The van der Waals surface area contributed by atoms with Crippen LogP contribution in [0, 0.1) is 13.8 Å². The highest BCUT2D eigenvalue weighted by molar-refractivity contribution is 5.87. The molecule has 0 aliphatic rings. The number of hydrogen-bond donors (Lipinski definition) is 4. The van der Waals surface area contributed by atoms with Crippen molar-refractivity contribution in [3.63, 3.8) is 0 Å². The smallest absolute Gasteiger partial charge is 0.268 e. The van der Waals surface area contributed by atoms with Gasteiger partial charge in [-0.25, -0.2) is 0 Å². The number of aromatic nitrogens is 5. The first-order valence-electron chi connectivity index (χ1n) is 12.9. The van der Waals surface area contributed by atoms with Crippen molar-refractivity contribution in [1.29, 1.82) is 0 Å². The third-order valence-corrected chi connectivity index (χ3v) is 7.34. The number of benzene rings is 3. The van der Waals surface area contributed by atoms with E-state index in [0.717, 1.165) is 38.7 Å². The number of aryl methyl sites for hydroxylation is 2. The molecule has 3 aromatic heterocycles. The third kappa shape index (κ3) is 4.18. The van der Waals surface area contributed by atoms with E-state index < -0.39 is 5.92 Å². The number of para-hydroxylation sites is 1. The summed E-state index contributed by atoms with van der Waals surface area (Å²) in [6.45, 7) is 8.56. The highest BCUT2D eigenvalue weighted by Crippen LogP contribution is 2.41. The highest BCUT2D eigenvalue weighted by Gasteiger charge is 2.33. The van der Waals surface area contributed by atoms with Crippen LogP contribution < -0.4 is 11.1 Å². The summed E-state index contributed by atoms with van der Waals surface area (Å²) in [4.78, 5) is 27.3. The first-order chi connectivity index (χ1) is 19.0. The predicted octanol–water partition coefficient (Wildman–Crippen LogP) is 5.99. The van der Waals surface area contributed by atoms with E-state index in [2.05, 4.69) is 31.5 Å². The lowest BCUT2D eigenvalue weighted by atomic mass is 9.83. The molecule has 0 aliphatic heterocycles. The summed E-state index contributed by atoms with van der Waals surface area (Å²) in [6.07, 6.45) is 3.88. The number of aromatic amines is 4. The first kappa shape index (κ1) is 24.3. The van der Waals surface area contributed by atoms with Crippen LogP contribution in [0.25, 0.3) is 33.4 Å². The first-order valence-corrected chi connectivity index (χ1v) is 12.9. The van der Waals surface area contributed by atoms with E-state index in [1.807, 2.05) is 98.9 Å². The molecular weight excluding hydrogens is 486 g/mol. The van der Waals surface area contributed by atoms with Crippen molar-refractivity contribution in [2.24, 2.45) is 0 Å². The van der Waals surface area contributed by atoms with Gasteiger partial charge in [-0.1, -0.05) is 83.9 Å². The van der Waals surface area contributed by atoms with Gasteiger partial charge < -0.3 is 4.57 Å². The summed E-state index contributed by atoms with van der Waals surface area (Å²) in [5.74, 6) is -0.668. The molecule has 6 rings (SSSR count). The Morgan fingerprint density at radius 2 is 1.26 bits per heavy atom. The summed E-state index contributed by atoms with van der Waals surface area (Å²) in [5, 5.41) is 12.8. The fourth-order valence-electron chi connectivity index (χ4n) is 5.43. The Morgan fingerprint density at radius 3 is 1.77 bits per heavy atom. The van der Waals surface area contributed by atoms with Gasteiger partial charge in [0, 0.05) is 23.6 Å². The molecule has 7 heteroatoms.